The largest absolute Gasteiger partial charge is 0.477 e. The van der Waals surface area contributed by atoms with Crippen molar-refractivity contribution < 1.29 is 18.3 Å². The molecule has 5 nitrogen and oxygen atoms in total. The predicted octanol–water partition coefficient (Wildman–Crippen LogP) is 2.29. The second-order valence-corrected chi connectivity index (χ2v) is 7.65. The number of aryl methyl sites for hydroxylation is 1. The molecule has 0 bridgehead atoms. The van der Waals surface area contributed by atoms with Crippen LogP contribution < -0.4 is 4.72 Å². The number of hydrogen-bond donors (Lipinski definition) is 2. The Hall–Kier alpha value is -1.22. The van der Waals surface area contributed by atoms with Gasteiger partial charge in [0.2, 0.25) is 10.0 Å². The van der Waals surface area contributed by atoms with Crippen molar-refractivity contribution in [2.75, 3.05) is 0 Å². The second-order valence-electron chi connectivity index (χ2n) is 3.83. The van der Waals surface area contributed by atoms with Gasteiger partial charge in [0.25, 0.3) is 0 Å². The minimum atomic E-state index is -3.66. The lowest BCUT2D eigenvalue weighted by molar-refractivity contribution is 0.0702. The summed E-state index contributed by atoms with van der Waals surface area (Å²) in [6.45, 7) is 2.12. The van der Waals surface area contributed by atoms with Crippen molar-refractivity contribution in [2.45, 2.75) is 17.7 Å². The number of sulfonamides is 1. The fraction of sp³-hybridized carbons (Fsp3) is 0.182. The van der Waals surface area contributed by atoms with Gasteiger partial charge in [-0.05, 0) is 40.9 Å². The maximum absolute atomic E-state index is 12.0. The monoisotopic (exact) mass is 317 g/mol. The first-order valence-corrected chi connectivity index (χ1v) is 8.49. The van der Waals surface area contributed by atoms with Gasteiger partial charge in [-0.2, -0.15) is 11.3 Å². The number of rotatable bonds is 5. The van der Waals surface area contributed by atoms with Crippen LogP contribution in [-0.2, 0) is 16.6 Å². The molecule has 2 rings (SSSR count). The van der Waals surface area contributed by atoms with E-state index < -0.39 is 16.0 Å². The summed E-state index contributed by atoms with van der Waals surface area (Å²) in [5.74, 6) is -1.12. The molecule has 102 valence electrons. The van der Waals surface area contributed by atoms with Crippen molar-refractivity contribution >= 4 is 38.7 Å². The topological polar surface area (TPSA) is 83.5 Å². The lowest BCUT2D eigenvalue weighted by atomic mass is 10.2. The van der Waals surface area contributed by atoms with E-state index in [1.54, 1.807) is 0 Å². The molecule has 0 atom stereocenters. The lowest BCUT2D eigenvalue weighted by Gasteiger charge is -2.04. The Bertz CT molecular complexity index is 699. The predicted molar refractivity (Wildman–Crippen MR) is 74.4 cm³/mol. The first kappa shape index (κ1) is 14.2. The van der Waals surface area contributed by atoms with Gasteiger partial charge >= 0.3 is 5.97 Å². The molecule has 0 amide bonds. The van der Waals surface area contributed by atoms with Crippen LogP contribution in [0.2, 0.25) is 0 Å². The highest BCUT2D eigenvalue weighted by Gasteiger charge is 2.19. The molecule has 8 heteroatoms. The van der Waals surface area contributed by atoms with Crippen LogP contribution in [0.3, 0.4) is 0 Å². The lowest BCUT2D eigenvalue weighted by Crippen LogP contribution is -2.22. The van der Waals surface area contributed by atoms with Gasteiger partial charge in [-0.15, -0.1) is 11.3 Å². The van der Waals surface area contributed by atoms with Crippen LogP contribution in [0.15, 0.2) is 27.1 Å². The molecule has 0 aliphatic carbocycles. The first-order valence-electron chi connectivity index (χ1n) is 5.24. The van der Waals surface area contributed by atoms with Crippen molar-refractivity contribution in [2.24, 2.45) is 0 Å². The molecule has 2 aromatic rings. The molecule has 0 aromatic carbocycles. The fourth-order valence-corrected chi connectivity index (χ4v) is 4.44. The summed E-state index contributed by atoms with van der Waals surface area (Å²) in [6.07, 6.45) is 0. The molecule has 0 aliphatic rings. The van der Waals surface area contributed by atoms with Crippen molar-refractivity contribution in [1.29, 1.82) is 0 Å². The van der Waals surface area contributed by atoms with E-state index in [0.717, 1.165) is 22.5 Å². The Morgan fingerprint density at radius 2 is 2.11 bits per heavy atom. The average Bonchev–Trinajstić information content (AvgIpc) is 2.95. The zero-order valence-electron chi connectivity index (χ0n) is 9.91. The van der Waals surface area contributed by atoms with Crippen LogP contribution in [0.5, 0.6) is 0 Å². The summed E-state index contributed by atoms with van der Waals surface area (Å²) < 4.78 is 26.4. The minimum Gasteiger partial charge on any atom is -0.477 e. The smallest absolute Gasteiger partial charge is 0.345 e. The van der Waals surface area contributed by atoms with Gasteiger partial charge in [0, 0.05) is 6.54 Å². The molecule has 19 heavy (non-hydrogen) atoms. The molecule has 0 spiro atoms. The fourth-order valence-electron chi connectivity index (χ4n) is 1.39. The number of carboxylic acids is 1. The Morgan fingerprint density at radius 3 is 2.63 bits per heavy atom. The zero-order valence-corrected chi connectivity index (χ0v) is 12.4. The van der Waals surface area contributed by atoms with Crippen LogP contribution in [0.25, 0.3) is 0 Å². The molecular weight excluding hydrogens is 306 g/mol. The molecule has 0 aliphatic heterocycles. The Labute approximate surface area is 118 Å². The van der Waals surface area contributed by atoms with Gasteiger partial charge in [0.15, 0.2) is 0 Å². The highest BCUT2D eigenvalue weighted by atomic mass is 32.2. The molecule has 2 heterocycles. The van der Waals surface area contributed by atoms with Gasteiger partial charge in [0.05, 0.1) is 0 Å². The number of carbonyl (C=O) groups is 1. The quantitative estimate of drug-likeness (QED) is 0.886. The third-order valence-corrected chi connectivity index (χ3v) is 6.35. The Morgan fingerprint density at radius 1 is 1.37 bits per heavy atom. The molecular formula is C11H11NO4S3. The molecule has 0 saturated carbocycles. The summed E-state index contributed by atoms with van der Waals surface area (Å²) in [5.41, 5.74) is 1.95. The molecule has 0 unspecified atom stereocenters. The second kappa shape index (κ2) is 5.41. The molecule has 0 radical (unpaired) electrons. The van der Waals surface area contributed by atoms with Crippen LogP contribution in [0, 0.1) is 6.92 Å². The summed E-state index contributed by atoms with van der Waals surface area (Å²) in [6, 6.07) is 2.59. The van der Waals surface area contributed by atoms with E-state index in [4.69, 9.17) is 5.11 Å². The van der Waals surface area contributed by atoms with E-state index in [2.05, 4.69) is 4.72 Å². The van der Waals surface area contributed by atoms with Gasteiger partial charge in [-0.1, -0.05) is 0 Å². The summed E-state index contributed by atoms with van der Waals surface area (Å²) >= 11 is 2.25. The van der Waals surface area contributed by atoms with Crippen LogP contribution in [-0.4, -0.2) is 19.5 Å². The van der Waals surface area contributed by atoms with Gasteiger partial charge in [0.1, 0.15) is 9.09 Å². The van der Waals surface area contributed by atoms with Gasteiger partial charge < -0.3 is 5.11 Å². The number of nitrogens with one attached hydrogen (secondary N) is 1. The maximum Gasteiger partial charge on any atom is 0.345 e. The molecule has 0 fully saturated rings. The highest BCUT2D eigenvalue weighted by molar-refractivity contribution is 7.91. The van der Waals surface area contributed by atoms with E-state index in [1.807, 2.05) is 17.7 Å². The minimum absolute atomic E-state index is 0.00656. The molecule has 2 N–H and O–H groups in total. The standard InChI is InChI=1S/C11H11NO4S3/c1-7-5-17-6-8(7)4-12-19(15,16)10-3-2-9(18-10)11(13)14/h2-3,5-6,12H,4H2,1H3,(H,13,14). The normalized spacial score (nSPS) is 11.6. The zero-order chi connectivity index (χ0) is 14.0. The number of hydrogen-bond acceptors (Lipinski definition) is 5. The summed E-state index contributed by atoms with van der Waals surface area (Å²) in [7, 11) is -3.66. The Balaban J connectivity index is 2.14. The third kappa shape index (κ3) is 3.21. The third-order valence-electron chi connectivity index (χ3n) is 2.47. The van der Waals surface area contributed by atoms with Crippen molar-refractivity contribution in [3.63, 3.8) is 0 Å². The average molecular weight is 317 g/mol. The maximum atomic E-state index is 12.0. The molecule has 2 aromatic heterocycles. The first-order chi connectivity index (χ1) is 8.90. The number of carboxylic acid groups (broad SMARTS) is 1. The van der Waals surface area contributed by atoms with Crippen LogP contribution >= 0.6 is 22.7 Å². The van der Waals surface area contributed by atoms with Gasteiger partial charge in [-0.25, -0.2) is 17.9 Å². The van der Waals surface area contributed by atoms with E-state index in [9.17, 15) is 13.2 Å². The number of thiophene rings is 2. The summed E-state index contributed by atoms with van der Waals surface area (Å²) in [5, 5.41) is 12.6. The van der Waals surface area contributed by atoms with Gasteiger partial charge in [-0.3, -0.25) is 0 Å². The Kier molecular flexibility index (Phi) is 4.04. The van der Waals surface area contributed by atoms with Crippen LogP contribution in [0.1, 0.15) is 20.8 Å². The van der Waals surface area contributed by atoms with Crippen molar-refractivity contribution in [3.8, 4) is 0 Å². The highest BCUT2D eigenvalue weighted by Crippen LogP contribution is 2.22. The van der Waals surface area contributed by atoms with E-state index >= 15 is 0 Å². The van der Waals surface area contributed by atoms with Crippen LogP contribution in [0.4, 0.5) is 0 Å². The summed E-state index contributed by atoms with van der Waals surface area (Å²) in [4.78, 5) is 10.7. The van der Waals surface area contributed by atoms with E-state index in [-0.39, 0.29) is 15.6 Å². The van der Waals surface area contributed by atoms with E-state index in [0.29, 0.717) is 0 Å². The van der Waals surface area contributed by atoms with Crippen molar-refractivity contribution in [3.05, 3.63) is 38.9 Å². The van der Waals surface area contributed by atoms with Crippen molar-refractivity contribution in [1.82, 2.24) is 4.72 Å². The molecule has 0 saturated heterocycles. The van der Waals surface area contributed by atoms with E-state index in [1.165, 1.54) is 23.5 Å². The number of aromatic carboxylic acids is 1. The SMILES string of the molecule is Cc1cscc1CNS(=O)(=O)c1ccc(C(=O)O)s1.